The van der Waals surface area contributed by atoms with Gasteiger partial charge in [-0.2, -0.15) is 0 Å². The highest BCUT2D eigenvalue weighted by atomic mass is 15.2. The van der Waals surface area contributed by atoms with Crippen molar-refractivity contribution < 1.29 is 0 Å². The van der Waals surface area contributed by atoms with Crippen LogP contribution in [0.15, 0.2) is 0 Å². The summed E-state index contributed by atoms with van der Waals surface area (Å²) in [6, 6.07) is 0.696. The number of nitrogens with one attached hydrogen (secondary N) is 1. The number of nitrogens with zero attached hydrogens (tertiary/aromatic N) is 1. The molecule has 2 nitrogen and oxygen atoms in total. The van der Waals surface area contributed by atoms with Crippen LogP contribution in [0.1, 0.15) is 51.9 Å². The Labute approximate surface area is 87.2 Å². The molecule has 1 unspecified atom stereocenters. The summed E-state index contributed by atoms with van der Waals surface area (Å²) >= 11 is 0. The smallest absolute Gasteiger partial charge is 0.0992 e. The number of rotatable bonds is 3. The zero-order valence-corrected chi connectivity index (χ0v) is 9.26. The Morgan fingerprint density at radius 2 is 2.07 bits per heavy atom. The number of likely N-dealkylation sites (tertiary alicyclic amines) is 1. The number of amidine groups is 1. The first-order valence-corrected chi connectivity index (χ1v) is 6.18. The van der Waals surface area contributed by atoms with Gasteiger partial charge in [-0.05, 0) is 38.5 Å². The third kappa shape index (κ3) is 2.10. The molecule has 0 aromatic rings. The summed E-state index contributed by atoms with van der Waals surface area (Å²) in [6.45, 7) is 3.41. The minimum atomic E-state index is 0.632. The van der Waals surface area contributed by atoms with Crippen molar-refractivity contribution in [3.05, 3.63) is 0 Å². The normalized spacial score (nSPS) is 27.8. The molecule has 80 valence electrons. The minimum Gasteiger partial charge on any atom is -0.357 e. The molecule has 0 aromatic carbocycles. The van der Waals surface area contributed by atoms with Crippen molar-refractivity contribution in [3.63, 3.8) is 0 Å². The number of piperidine rings is 1. The first-order chi connectivity index (χ1) is 6.83. The molecule has 1 N–H and O–H groups in total. The fourth-order valence-electron chi connectivity index (χ4n) is 2.54. The molecule has 0 amide bonds. The van der Waals surface area contributed by atoms with E-state index in [1.165, 1.54) is 44.9 Å². The zero-order valence-electron chi connectivity index (χ0n) is 9.26. The Morgan fingerprint density at radius 1 is 1.29 bits per heavy atom. The second-order valence-corrected chi connectivity index (χ2v) is 4.79. The lowest BCUT2D eigenvalue weighted by atomic mass is 9.97. The molecule has 2 aliphatic rings. The molecule has 1 saturated heterocycles. The molecular weight excluding hydrogens is 172 g/mol. The van der Waals surface area contributed by atoms with Crippen molar-refractivity contribution in [2.75, 3.05) is 6.54 Å². The summed E-state index contributed by atoms with van der Waals surface area (Å²) in [4.78, 5) is 2.41. The van der Waals surface area contributed by atoms with Crippen molar-refractivity contribution in [2.45, 2.75) is 57.9 Å². The first-order valence-electron chi connectivity index (χ1n) is 6.18. The molecule has 1 saturated carbocycles. The highest BCUT2D eigenvalue weighted by Gasteiger charge is 2.33. The molecule has 14 heavy (non-hydrogen) atoms. The summed E-state index contributed by atoms with van der Waals surface area (Å²) < 4.78 is 0. The van der Waals surface area contributed by atoms with Gasteiger partial charge in [0.15, 0.2) is 0 Å². The minimum absolute atomic E-state index is 0.632. The Balaban J connectivity index is 1.94. The summed E-state index contributed by atoms with van der Waals surface area (Å²) in [7, 11) is 0. The Hall–Kier alpha value is -0.530. The van der Waals surface area contributed by atoms with Gasteiger partial charge in [0.2, 0.25) is 0 Å². The van der Waals surface area contributed by atoms with E-state index in [2.05, 4.69) is 11.8 Å². The third-order valence-electron chi connectivity index (χ3n) is 3.52. The van der Waals surface area contributed by atoms with Crippen LogP contribution < -0.4 is 0 Å². The third-order valence-corrected chi connectivity index (χ3v) is 3.52. The Morgan fingerprint density at radius 3 is 2.71 bits per heavy atom. The van der Waals surface area contributed by atoms with Crippen LogP contribution in [0, 0.1) is 11.3 Å². The molecule has 0 bridgehead atoms. The van der Waals surface area contributed by atoms with Crippen LogP contribution in [0.25, 0.3) is 0 Å². The van der Waals surface area contributed by atoms with Gasteiger partial charge in [0, 0.05) is 18.5 Å². The average molecular weight is 194 g/mol. The van der Waals surface area contributed by atoms with E-state index < -0.39 is 0 Å². The zero-order chi connectivity index (χ0) is 9.97. The monoisotopic (exact) mass is 194 g/mol. The molecule has 0 spiro atoms. The fraction of sp³-hybridized carbons (Fsp3) is 0.917. The van der Waals surface area contributed by atoms with Crippen molar-refractivity contribution in [3.8, 4) is 0 Å². The predicted molar refractivity (Wildman–Crippen MR) is 59.7 cm³/mol. The number of hydrogen-bond donors (Lipinski definition) is 1. The van der Waals surface area contributed by atoms with Crippen molar-refractivity contribution in [1.82, 2.24) is 4.90 Å². The van der Waals surface area contributed by atoms with E-state index in [0.717, 1.165) is 12.4 Å². The van der Waals surface area contributed by atoms with Crippen LogP contribution in [0.5, 0.6) is 0 Å². The highest BCUT2D eigenvalue weighted by Crippen LogP contribution is 2.34. The molecule has 1 aliphatic heterocycles. The Bertz CT molecular complexity index is 206. The molecule has 2 fully saturated rings. The van der Waals surface area contributed by atoms with Crippen LogP contribution in [0.2, 0.25) is 0 Å². The first kappa shape index (κ1) is 10.0. The quantitative estimate of drug-likeness (QED) is 0.542. The summed E-state index contributed by atoms with van der Waals surface area (Å²) in [6.07, 6.45) is 9.09. The summed E-state index contributed by atoms with van der Waals surface area (Å²) in [5.74, 6) is 1.59. The lowest BCUT2D eigenvalue weighted by Crippen LogP contribution is -2.44. The molecule has 2 rings (SSSR count). The standard InChI is InChI=1S/C12H22N2/c1-2-5-11-6-3-4-9-14(11)12(13)10-7-8-10/h10-11,13H,2-9H2,1H3. The average Bonchev–Trinajstić information content (AvgIpc) is 3.01. The van der Waals surface area contributed by atoms with Crippen LogP contribution in [-0.2, 0) is 0 Å². The topological polar surface area (TPSA) is 27.1 Å². The van der Waals surface area contributed by atoms with Gasteiger partial charge in [-0.15, -0.1) is 0 Å². The Kier molecular flexibility index (Phi) is 3.09. The maximum absolute atomic E-state index is 8.14. The summed E-state index contributed by atoms with van der Waals surface area (Å²) in [5.41, 5.74) is 0. The molecular formula is C12H22N2. The molecule has 0 aromatic heterocycles. The van der Waals surface area contributed by atoms with Crippen molar-refractivity contribution in [1.29, 1.82) is 5.41 Å². The van der Waals surface area contributed by atoms with Crippen molar-refractivity contribution in [2.24, 2.45) is 5.92 Å². The van der Waals surface area contributed by atoms with E-state index in [4.69, 9.17) is 5.41 Å². The van der Waals surface area contributed by atoms with E-state index in [9.17, 15) is 0 Å². The van der Waals surface area contributed by atoms with E-state index in [1.54, 1.807) is 0 Å². The lowest BCUT2D eigenvalue weighted by Gasteiger charge is -2.37. The van der Waals surface area contributed by atoms with Crippen LogP contribution >= 0.6 is 0 Å². The van der Waals surface area contributed by atoms with E-state index in [-0.39, 0.29) is 0 Å². The van der Waals surface area contributed by atoms with Gasteiger partial charge in [-0.1, -0.05) is 13.3 Å². The van der Waals surface area contributed by atoms with Crippen molar-refractivity contribution >= 4 is 5.84 Å². The lowest BCUT2D eigenvalue weighted by molar-refractivity contribution is 0.222. The largest absolute Gasteiger partial charge is 0.357 e. The van der Waals surface area contributed by atoms with Gasteiger partial charge in [0.25, 0.3) is 0 Å². The SMILES string of the molecule is CCCC1CCCCN1C(=N)C1CC1. The van der Waals surface area contributed by atoms with E-state index >= 15 is 0 Å². The maximum Gasteiger partial charge on any atom is 0.0992 e. The van der Waals surface area contributed by atoms with Crippen LogP contribution in [0.4, 0.5) is 0 Å². The van der Waals surface area contributed by atoms with Gasteiger partial charge in [0.05, 0.1) is 5.84 Å². The molecule has 2 heteroatoms. The highest BCUT2D eigenvalue weighted by molar-refractivity contribution is 5.84. The van der Waals surface area contributed by atoms with Crippen LogP contribution in [0.3, 0.4) is 0 Å². The van der Waals surface area contributed by atoms with E-state index in [0.29, 0.717) is 12.0 Å². The fourth-order valence-corrected chi connectivity index (χ4v) is 2.54. The maximum atomic E-state index is 8.14. The van der Waals surface area contributed by atoms with E-state index in [1.807, 2.05) is 0 Å². The molecule has 0 radical (unpaired) electrons. The number of hydrogen-bond acceptors (Lipinski definition) is 1. The predicted octanol–water partition coefficient (Wildman–Crippen LogP) is 3.03. The molecule has 1 aliphatic carbocycles. The summed E-state index contributed by atoms with van der Waals surface area (Å²) in [5, 5.41) is 8.14. The van der Waals surface area contributed by atoms with Gasteiger partial charge in [-0.25, -0.2) is 0 Å². The molecule has 1 atom stereocenters. The van der Waals surface area contributed by atoms with Gasteiger partial charge < -0.3 is 4.90 Å². The van der Waals surface area contributed by atoms with Gasteiger partial charge in [0.1, 0.15) is 0 Å². The second-order valence-electron chi connectivity index (χ2n) is 4.79. The van der Waals surface area contributed by atoms with Gasteiger partial charge in [-0.3, -0.25) is 5.41 Å². The van der Waals surface area contributed by atoms with Gasteiger partial charge >= 0.3 is 0 Å². The second kappa shape index (κ2) is 4.33. The molecule has 1 heterocycles. The van der Waals surface area contributed by atoms with Crippen LogP contribution in [-0.4, -0.2) is 23.3 Å².